The molecule has 0 amide bonds. The lowest BCUT2D eigenvalue weighted by molar-refractivity contribution is -0.134. The van der Waals surface area contributed by atoms with Crippen LogP contribution in [0.3, 0.4) is 0 Å². The number of benzene rings is 4. The number of hydrogen-bond donors (Lipinski definition) is 2. The van der Waals surface area contributed by atoms with Crippen LogP contribution >= 0.6 is 0 Å². The van der Waals surface area contributed by atoms with E-state index in [2.05, 4.69) is 117 Å². The number of carbonyl (C=O) groups is 2. The Morgan fingerprint density at radius 3 is 1.29 bits per heavy atom. The lowest BCUT2D eigenvalue weighted by Gasteiger charge is -2.30. The van der Waals surface area contributed by atoms with Gasteiger partial charge in [0.2, 0.25) is 0 Å². The molecule has 0 unspecified atom stereocenters. The van der Waals surface area contributed by atoms with E-state index >= 15 is 0 Å². The molecule has 0 aliphatic carbocycles. The molecule has 2 aliphatic rings. The number of carboxylic acids is 2. The number of nitrogens with zero attached hydrogens (tertiary/aromatic N) is 4. The second-order valence-electron chi connectivity index (χ2n) is 14.7. The maximum absolute atomic E-state index is 9.55. The molecule has 6 aromatic rings. The van der Waals surface area contributed by atoms with Gasteiger partial charge in [0, 0.05) is 36.0 Å². The Kier molecular flexibility index (Phi) is 15.8. The molecule has 4 heterocycles. The van der Waals surface area contributed by atoms with Gasteiger partial charge in [-0.25, -0.2) is 9.59 Å². The first-order valence-corrected chi connectivity index (χ1v) is 20.1. The van der Waals surface area contributed by atoms with Gasteiger partial charge < -0.3 is 29.1 Å². The highest BCUT2D eigenvalue weighted by atomic mass is 16.5. The number of fused-ring (bicyclic) bond motifs is 2. The molecule has 0 saturated carbocycles. The van der Waals surface area contributed by atoms with Gasteiger partial charge in [0.25, 0.3) is 0 Å². The summed E-state index contributed by atoms with van der Waals surface area (Å²) in [6, 6.07) is 37.6. The van der Waals surface area contributed by atoms with Crippen molar-refractivity contribution in [1.82, 2.24) is 20.1 Å². The van der Waals surface area contributed by atoms with E-state index in [9.17, 15) is 9.59 Å². The van der Waals surface area contributed by atoms with Gasteiger partial charge in [-0.05, 0) is 124 Å². The van der Waals surface area contributed by atoms with Crippen LogP contribution in [-0.4, -0.2) is 81.5 Å². The van der Waals surface area contributed by atoms with Gasteiger partial charge in [-0.2, -0.15) is 0 Å². The minimum Gasteiger partial charge on any atom is -0.478 e. The van der Waals surface area contributed by atoms with Crippen LogP contribution in [0.1, 0.15) is 48.2 Å². The monoisotopic (exact) mass is 780 g/mol. The van der Waals surface area contributed by atoms with Gasteiger partial charge in [0.05, 0.1) is 0 Å². The van der Waals surface area contributed by atoms with Crippen molar-refractivity contribution in [3.63, 3.8) is 0 Å². The minimum absolute atomic E-state index is 0.558. The Bertz CT molecular complexity index is 2090. The Morgan fingerprint density at radius 2 is 0.914 bits per heavy atom. The lowest BCUT2D eigenvalue weighted by Crippen LogP contribution is -2.34. The molecule has 2 saturated heterocycles. The van der Waals surface area contributed by atoms with Crippen LogP contribution in [0.15, 0.2) is 143 Å². The van der Waals surface area contributed by atoms with E-state index in [0.717, 1.165) is 59.3 Å². The first-order chi connectivity index (χ1) is 28.4. The SMILES string of the molecule is C(=C\C1CCN(CCc2ccccc2)CC1)/c1noc2ccccc12.C(=C\C1CCN(CCc2ccccc2)CC1)/c1noc2ccccc12.O=C(O)/C=C\C(=O)O. The zero-order valence-corrected chi connectivity index (χ0v) is 32.8. The largest absolute Gasteiger partial charge is 0.478 e. The van der Waals surface area contributed by atoms with Crippen molar-refractivity contribution < 1.29 is 28.8 Å². The number of likely N-dealkylation sites (tertiary alicyclic amines) is 2. The van der Waals surface area contributed by atoms with Gasteiger partial charge in [0.1, 0.15) is 11.4 Å². The predicted molar refractivity (Wildman–Crippen MR) is 229 cm³/mol. The summed E-state index contributed by atoms with van der Waals surface area (Å²) in [7, 11) is 0. The molecule has 0 bridgehead atoms. The van der Waals surface area contributed by atoms with Crippen molar-refractivity contribution in [2.24, 2.45) is 11.8 Å². The van der Waals surface area contributed by atoms with Crippen molar-refractivity contribution in [2.75, 3.05) is 39.3 Å². The first kappa shape index (κ1) is 41.5. The van der Waals surface area contributed by atoms with Crippen molar-refractivity contribution in [2.45, 2.75) is 38.5 Å². The van der Waals surface area contributed by atoms with Crippen molar-refractivity contribution in [1.29, 1.82) is 0 Å². The van der Waals surface area contributed by atoms with Gasteiger partial charge in [-0.3, -0.25) is 0 Å². The number of aromatic nitrogens is 2. The molecule has 0 atom stereocenters. The van der Waals surface area contributed by atoms with E-state index in [1.54, 1.807) is 0 Å². The predicted octanol–water partition coefficient (Wildman–Crippen LogP) is 9.30. The fourth-order valence-electron chi connectivity index (χ4n) is 7.25. The van der Waals surface area contributed by atoms with Gasteiger partial charge >= 0.3 is 11.9 Å². The standard InChI is InChI=1S/2C22H24N2O.C4H4O4/c2*1-2-6-18(7-3-1)12-15-24-16-13-19(14-17-24)10-11-21-20-8-4-5-9-22(20)25-23-21;5-3(6)1-2-4(7)8/h2*1-11,19H,12-17H2;1-2H,(H,5,6)(H,7,8)/b2*11-10+;2-1-. The van der Waals surface area contributed by atoms with Crippen LogP contribution in [-0.2, 0) is 22.4 Å². The fraction of sp³-hybridized carbons (Fsp3) is 0.292. The van der Waals surface area contributed by atoms with Crippen LogP contribution in [0.2, 0.25) is 0 Å². The summed E-state index contributed by atoms with van der Waals surface area (Å²) < 4.78 is 10.7. The number of aliphatic carboxylic acids is 2. The van der Waals surface area contributed by atoms with Gasteiger partial charge in [0.15, 0.2) is 11.2 Å². The molecular formula is C48H52N4O6. The number of allylic oxidation sites excluding steroid dienone is 2. The first-order valence-electron chi connectivity index (χ1n) is 20.1. The highest BCUT2D eigenvalue weighted by Gasteiger charge is 2.18. The van der Waals surface area contributed by atoms with E-state index in [0.29, 0.717) is 24.0 Å². The quantitative estimate of drug-likeness (QED) is 0.116. The van der Waals surface area contributed by atoms with Crippen molar-refractivity contribution >= 4 is 46.0 Å². The van der Waals surface area contributed by atoms with Crippen LogP contribution in [0.25, 0.3) is 34.1 Å². The third-order valence-corrected chi connectivity index (χ3v) is 10.6. The third-order valence-electron chi connectivity index (χ3n) is 10.6. The summed E-state index contributed by atoms with van der Waals surface area (Å²) in [6.07, 6.45) is 17.2. The van der Waals surface area contributed by atoms with Gasteiger partial charge in [-0.1, -0.05) is 107 Å². The third kappa shape index (κ3) is 13.2. The average Bonchev–Trinajstić information content (AvgIpc) is 3.89. The second kappa shape index (κ2) is 22.0. The number of carboxylic acid groups (broad SMARTS) is 2. The van der Waals surface area contributed by atoms with Crippen LogP contribution < -0.4 is 0 Å². The maximum atomic E-state index is 9.55. The van der Waals surface area contributed by atoms with Gasteiger partial charge in [-0.15, -0.1) is 0 Å². The molecule has 0 radical (unpaired) electrons. The number of piperidine rings is 2. The van der Waals surface area contributed by atoms with Crippen LogP contribution in [0.5, 0.6) is 0 Å². The van der Waals surface area contributed by atoms with E-state index in [4.69, 9.17) is 19.3 Å². The smallest absolute Gasteiger partial charge is 0.328 e. The molecule has 0 spiro atoms. The second-order valence-corrected chi connectivity index (χ2v) is 14.7. The van der Waals surface area contributed by atoms with E-state index in [1.807, 2.05) is 36.4 Å². The Morgan fingerprint density at radius 1 is 0.552 bits per heavy atom. The summed E-state index contributed by atoms with van der Waals surface area (Å²) in [5, 5.41) is 26.2. The number of rotatable bonds is 12. The molecule has 8 rings (SSSR count). The molecule has 300 valence electrons. The zero-order valence-electron chi connectivity index (χ0n) is 32.8. The van der Waals surface area contributed by atoms with E-state index in [1.165, 1.54) is 63.0 Å². The fourth-order valence-corrected chi connectivity index (χ4v) is 7.25. The van der Waals surface area contributed by atoms with Crippen molar-refractivity contribution in [3.05, 3.63) is 156 Å². The summed E-state index contributed by atoms with van der Waals surface area (Å²) in [5.41, 5.74) is 6.48. The maximum Gasteiger partial charge on any atom is 0.328 e. The molecule has 58 heavy (non-hydrogen) atoms. The molecule has 10 heteroatoms. The van der Waals surface area contributed by atoms with E-state index < -0.39 is 11.9 Å². The molecule has 4 aromatic carbocycles. The summed E-state index contributed by atoms with van der Waals surface area (Å²) in [4.78, 5) is 24.3. The zero-order chi connectivity index (χ0) is 40.4. The van der Waals surface area contributed by atoms with Crippen LogP contribution in [0, 0.1) is 11.8 Å². The summed E-state index contributed by atoms with van der Waals surface area (Å²) in [5.74, 6) is -1.23. The molecule has 2 aliphatic heterocycles. The number of hydrogen-bond acceptors (Lipinski definition) is 8. The average molecular weight is 781 g/mol. The molecular weight excluding hydrogens is 729 g/mol. The molecule has 2 aromatic heterocycles. The lowest BCUT2D eigenvalue weighted by atomic mass is 9.95. The van der Waals surface area contributed by atoms with Crippen molar-refractivity contribution in [3.8, 4) is 0 Å². The topological polar surface area (TPSA) is 133 Å². The Balaban J connectivity index is 0.000000165. The van der Waals surface area contributed by atoms with E-state index in [-0.39, 0.29) is 0 Å². The minimum atomic E-state index is -1.26. The number of para-hydroxylation sites is 2. The van der Waals surface area contributed by atoms with Crippen LogP contribution in [0.4, 0.5) is 0 Å². The Labute approximate surface area is 339 Å². The summed E-state index contributed by atoms with van der Waals surface area (Å²) in [6.45, 7) is 7.05. The highest BCUT2D eigenvalue weighted by molar-refractivity contribution is 5.89. The summed E-state index contributed by atoms with van der Waals surface area (Å²) >= 11 is 0. The highest BCUT2D eigenvalue weighted by Crippen LogP contribution is 2.25. The normalized spacial score (nSPS) is 15.8. The Hall–Kier alpha value is -6.10. The molecule has 10 nitrogen and oxygen atoms in total. The molecule has 2 fully saturated rings. The molecule has 2 N–H and O–H groups in total.